The number of unbranched alkanes of at least 4 members (excludes halogenated alkanes) is 1. The van der Waals surface area contributed by atoms with Crippen LogP contribution in [0.2, 0.25) is 0 Å². The third kappa shape index (κ3) is 4.34. The number of rotatable bonds is 8. The van der Waals surface area contributed by atoms with Crippen molar-refractivity contribution in [3.8, 4) is 0 Å². The minimum Gasteiger partial charge on any atom is -0.299 e. The van der Waals surface area contributed by atoms with Crippen LogP contribution in [-0.2, 0) is 27.8 Å². The van der Waals surface area contributed by atoms with E-state index in [1.807, 2.05) is 0 Å². The Kier molecular flexibility index (Phi) is 7.03. The van der Waals surface area contributed by atoms with E-state index in [0.29, 0.717) is 18.9 Å². The molecule has 2 aliphatic carbocycles. The van der Waals surface area contributed by atoms with Crippen LogP contribution in [0.5, 0.6) is 0 Å². The van der Waals surface area contributed by atoms with Gasteiger partial charge in [0.05, 0.1) is 5.75 Å². The molecule has 2 atom stereocenters. The zero-order valence-corrected chi connectivity index (χ0v) is 19.8. The van der Waals surface area contributed by atoms with E-state index in [4.69, 9.17) is 0 Å². The van der Waals surface area contributed by atoms with E-state index in [-0.39, 0.29) is 29.4 Å². The van der Waals surface area contributed by atoms with Crippen molar-refractivity contribution < 1.29 is 13.2 Å². The minimum absolute atomic E-state index is 0. The summed E-state index contributed by atoms with van der Waals surface area (Å²) in [6, 6.07) is 8.62. The summed E-state index contributed by atoms with van der Waals surface area (Å²) in [5, 5.41) is 0. The summed E-state index contributed by atoms with van der Waals surface area (Å²) in [7, 11) is -3.44. The van der Waals surface area contributed by atoms with E-state index in [0.717, 1.165) is 51.7 Å². The van der Waals surface area contributed by atoms with Gasteiger partial charge in [0.25, 0.3) is 0 Å². The van der Waals surface area contributed by atoms with Crippen molar-refractivity contribution in [3.05, 3.63) is 35.4 Å². The fraction of sp³-hybridized carbons (Fsp3) is 0.696. The number of halogens is 1. The molecule has 168 valence electrons. The molecule has 0 radical (unpaired) electrons. The third-order valence-corrected chi connectivity index (χ3v) is 9.53. The molecule has 1 aromatic carbocycles. The zero-order chi connectivity index (χ0) is 20.7. The molecule has 1 aromatic rings. The van der Waals surface area contributed by atoms with Gasteiger partial charge in [0.2, 0.25) is 10.0 Å². The molecule has 30 heavy (non-hydrogen) atoms. The number of carbonyl (C=O) groups excluding carboxylic acids is 1. The van der Waals surface area contributed by atoms with Crippen molar-refractivity contribution in [3.63, 3.8) is 0 Å². The first-order chi connectivity index (χ1) is 13.7. The van der Waals surface area contributed by atoms with Gasteiger partial charge in [0.1, 0.15) is 5.78 Å². The van der Waals surface area contributed by atoms with Crippen LogP contribution in [0.1, 0.15) is 57.1 Å². The minimum atomic E-state index is -3.44. The SMILES string of the molecule is CC1(C)C2CCC1(CS(=O)(=O)NCCCCN1CCc3ccccc3C1)C(=O)C2.Cl. The first-order valence-electron chi connectivity index (χ1n) is 11.0. The van der Waals surface area contributed by atoms with Crippen LogP contribution in [0.3, 0.4) is 0 Å². The molecular weight excluding hydrogens is 420 g/mol. The lowest BCUT2D eigenvalue weighted by Crippen LogP contribution is -2.45. The average molecular weight is 455 g/mol. The fourth-order valence-electron chi connectivity index (χ4n) is 5.92. The predicted octanol–water partition coefficient (Wildman–Crippen LogP) is 3.56. The zero-order valence-electron chi connectivity index (χ0n) is 18.2. The van der Waals surface area contributed by atoms with Crippen LogP contribution in [0, 0.1) is 16.7 Å². The van der Waals surface area contributed by atoms with Crippen molar-refractivity contribution in [2.45, 2.75) is 58.9 Å². The largest absolute Gasteiger partial charge is 0.299 e. The summed E-state index contributed by atoms with van der Waals surface area (Å²) in [6.07, 6.45) is 5.15. The maximum atomic E-state index is 12.7. The number of benzene rings is 1. The molecule has 7 heteroatoms. The third-order valence-electron chi connectivity index (χ3n) is 8.01. The Morgan fingerprint density at radius 3 is 2.57 bits per heavy atom. The van der Waals surface area contributed by atoms with Crippen LogP contribution in [0.15, 0.2) is 24.3 Å². The van der Waals surface area contributed by atoms with E-state index in [1.54, 1.807) is 0 Å². The number of nitrogens with one attached hydrogen (secondary N) is 1. The molecule has 0 spiro atoms. The highest BCUT2D eigenvalue weighted by molar-refractivity contribution is 7.89. The van der Waals surface area contributed by atoms with Gasteiger partial charge < -0.3 is 0 Å². The van der Waals surface area contributed by atoms with Gasteiger partial charge in [-0.1, -0.05) is 38.1 Å². The van der Waals surface area contributed by atoms with Gasteiger partial charge in [-0.25, -0.2) is 13.1 Å². The number of hydrogen-bond donors (Lipinski definition) is 1. The average Bonchev–Trinajstić information content (AvgIpc) is 3.01. The Labute approximate surface area is 187 Å². The Hall–Kier alpha value is -0.950. The molecule has 0 saturated heterocycles. The highest BCUT2D eigenvalue weighted by Gasteiger charge is 2.65. The lowest BCUT2D eigenvalue weighted by atomic mass is 9.70. The van der Waals surface area contributed by atoms with E-state index >= 15 is 0 Å². The number of ketones is 1. The maximum absolute atomic E-state index is 12.7. The first kappa shape index (κ1) is 23.7. The molecule has 2 unspecified atom stereocenters. The summed E-state index contributed by atoms with van der Waals surface area (Å²) >= 11 is 0. The van der Waals surface area contributed by atoms with Crippen LogP contribution in [0.4, 0.5) is 0 Å². The smallest absolute Gasteiger partial charge is 0.212 e. The second-order valence-electron chi connectivity index (χ2n) is 9.82. The number of sulfonamides is 1. The molecule has 1 aliphatic heterocycles. The lowest BCUT2D eigenvalue weighted by Gasteiger charge is -2.36. The highest BCUT2D eigenvalue weighted by Crippen LogP contribution is 2.64. The second-order valence-corrected chi connectivity index (χ2v) is 11.6. The standard InChI is InChI=1S/C23H34N2O3S.ClH/c1-22(2)20-9-11-23(22,21(26)15-20)17-29(27,28)24-12-5-6-13-25-14-10-18-7-3-4-8-19(18)16-25;/h3-4,7-8,20,24H,5-6,9-17H2,1-2H3;1H. The number of carbonyl (C=O) groups is 1. The molecule has 3 aliphatic rings. The molecule has 5 nitrogen and oxygen atoms in total. The first-order valence-corrected chi connectivity index (χ1v) is 12.7. The van der Waals surface area contributed by atoms with Crippen molar-refractivity contribution in [1.29, 1.82) is 0 Å². The molecule has 2 fully saturated rings. The Balaban J connectivity index is 0.00000256. The van der Waals surface area contributed by atoms with Crippen LogP contribution in [-0.4, -0.2) is 44.5 Å². The highest BCUT2D eigenvalue weighted by atomic mass is 35.5. The van der Waals surface area contributed by atoms with Crippen LogP contribution < -0.4 is 4.72 Å². The molecule has 0 amide bonds. The van der Waals surface area contributed by atoms with E-state index in [9.17, 15) is 13.2 Å². The monoisotopic (exact) mass is 454 g/mol. The van der Waals surface area contributed by atoms with Gasteiger partial charge in [-0.05, 0) is 61.1 Å². The van der Waals surface area contributed by atoms with Crippen LogP contribution >= 0.6 is 12.4 Å². The predicted molar refractivity (Wildman–Crippen MR) is 122 cm³/mol. The molecule has 2 saturated carbocycles. The Morgan fingerprint density at radius 1 is 1.17 bits per heavy atom. The van der Waals surface area contributed by atoms with E-state index < -0.39 is 15.4 Å². The van der Waals surface area contributed by atoms with Crippen molar-refractivity contribution >= 4 is 28.2 Å². The van der Waals surface area contributed by atoms with Gasteiger partial charge in [-0.3, -0.25) is 9.69 Å². The summed E-state index contributed by atoms with van der Waals surface area (Å²) < 4.78 is 28.2. The maximum Gasteiger partial charge on any atom is 0.212 e. The summed E-state index contributed by atoms with van der Waals surface area (Å²) in [5.74, 6) is 0.472. The Bertz CT molecular complexity index is 886. The Morgan fingerprint density at radius 2 is 1.90 bits per heavy atom. The molecular formula is C23H35ClN2O3S. The molecule has 1 N–H and O–H groups in total. The van der Waals surface area contributed by atoms with Crippen molar-refractivity contribution in [2.24, 2.45) is 16.7 Å². The molecule has 2 bridgehead atoms. The number of fused-ring (bicyclic) bond motifs is 3. The van der Waals surface area contributed by atoms with Gasteiger partial charge in [0.15, 0.2) is 0 Å². The summed E-state index contributed by atoms with van der Waals surface area (Å²) in [4.78, 5) is 15.0. The van der Waals surface area contributed by atoms with Crippen molar-refractivity contribution in [2.75, 3.05) is 25.4 Å². The van der Waals surface area contributed by atoms with Crippen LogP contribution in [0.25, 0.3) is 0 Å². The van der Waals surface area contributed by atoms with Crippen molar-refractivity contribution in [1.82, 2.24) is 9.62 Å². The number of Topliss-reactive ketones (excluding diaryl/α,β-unsaturated/α-hetero) is 1. The van der Waals surface area contributed by atoms with E-state index in [2.05, 4.69) is 47.7 Å². The van der Waals surface area contributed by atoms with Gasteiger partial charge in [-0.2, -0.15) is 0 Å². The summed E-state index contributed by atoms with van der Waals surface area (Å²) in [6.45, 7) is 7.68. The number of hydrogen-bond acceptors (Lipinski definition) is 4. The summed E-state index contributed by atoms with van der Waals surface area (Å²) in [5.41, 5.74) is 1.99. The quantitative estimate of drug-likeness (QED) is 0.610. The fourth-order valence-corrected chi connectivity index (χ4v) is 7.80. The van der Waals surface area contributed by atoms with Gasteiger partial charge in [-0.15, -0.1) is 12.4 Å². The topological polar surface area (TPSA) is 66.5 Å². The normalized spacial score (nSPS) is 27.7. The lowest BCUT2D eigenvalue weighted by molar-refractivity contribution is -0.128. The van der Waals surface area contributed by atoms with Gasteiger partial charge >= 0.3 is 0 Å². The van der Waals surface area contributed by atoms with Gasteiger partial charge in [0, 0.05) is 31.5 Å². The number of nitrogens with zero attached hydrogens (tertiary/aromatic N) is 1. The molecule has 1 heterocycles. The van der Waals surface area contributed by atoms with E-state index in [1.165, 1.54) is 11.1 Å². The molecule has 0 aromatic heterocycles. The second kappa shape index (κ2) is 8.89. The molecule has 4 rings (SSSR count).